The van der Waals surface area contributed by atoms with E-state index in [0.717, 1.165) is 0 Å². The normalized spacial score (nSPS) is 21.1. The Hall–Kier alpha value is -0.300. The van der Waals surface area contributed by atoms with Gasteiger partial charge >= 0.3 is 15.5 Å². The third-order valence-electron chi connectivity index (χ3n) is 1.04. The molecule has 1 aliphatic rings. The van der Waals surface area contributed by atoms with Gasteiger partial charge in [0.1, 0.15) is 0 Å². The molecule has 10 heavy (non-hydrogen) atoms. The Labute approximate surface area is 55.5 Å². The lowest BCUT2D eigenvalue weighted by Crippen LogP contribution is -2.29. The molecule has 1 heterocycles. The average Bonchev–Trinajstić information content (AvgIpc) is 2.38. The first-order valence-electron chi connectivity index (χ1n) is 2.42. The van der Waals surface area contributed by atoms with Gasteiger partial charge in [0.2, 0.25) is 0 Å². The largest absolute Gasteiger partial charge is 0.511 e. The van der Waals surface area contributed by atoms with Crippen molar-refractivity contribution < 1.29 is 21.6 Å². The predicted octanol–water partition coefficient (Wildman–Crippen LogP) is 0.152. The third kappa shape index (κ3) is 1.10. The van der Waals surface area contributed by atoms with Crippen molar-refractivity contribution >= 4 is 10.0 Å². The highest BCUT2D eigenvalue weighted by atomic mass is 32.2. The zero-order chi connectivity index (χ0) is 7.99. The summed E-state index contributed by atoms with van der Waals surface area (Å²) in [5, 5.41) is 0. The second kappa shape index (κ2) is 1.85. The molecule has 0 atom stereocenters. The number of hydrogen-bond acceptors (Lipinski definition) is 2. The molecule has 0 spiro atoms. The van der Waals surface area contributed by atoms with Crippen LogP contribution in [0.5, 0.6) is 0 Å². The van der Waals surface area contributed by atoms with Crippen LogP contribution in [0.25, 0.3) is 0 Å². The molecule has 60 valence electrons. The molecule has 3 nitrogen and oxygen atoms in total. The summed E-state index contributed by atoms with van der Waals surface area (Å²) in [4.78, 5) is 0. The molecule has 0 bridgehead atoms. The highest BCUT2D eigenvalue weighted by Crippen LogP contribution is 2.29. The molecule has 0 aromatic heterocycles. The summed E-state index contributed by atoms with van der Waals surface area (Å²) in [6.07, 6.45) is 0. The number of hydrogen-bond donors (Lipinski definition) is 0. The Morgan fingerprint density at radius 2 is 1.60 bits per heavy atom. The second-order valence-electron chi connectivity index (χ2n) is 1.85. The lowest BCUT2D eigenvalue weighted by atomic mass is 11.0. The van der Waals surface area contributed by atoms with E-state index in [1.807, 2.05) is 0 Å². The highest BCUT2D eigenvalue weighted by Gasteiger charge is 2.53. The number of nitrogens with zero attached hydrogens (tertiary/aromatic N) is 1. The minimum absolute atomic E-state index is 0.0121. The molecule has 0 N–H and O–H groups in total. The van der Waals surface area contributed by atoms with Gasteiger partial charge in [-0.3, -0.25) is 0 Å². The predicted molar refractivity (Wildman–Crippen MR) is 26.5 cm³/mol. The molecule has 0 unspecified atom stereocenters. The van der Waals surface area contributed by atoms with E-state index in [2.05, 4.69) is 0 Å². The Balaban J connectivity index is 2.88. The summed E-state index contributed by atoms with van der Waals surface area (Å²) < 4.78 is 55.3. The fourth-order valence-corrected chi connectivity index (χ4v) is 1.28. The molecule has 0 aliphatic carbocycles. The highest BCUT2D eigenvalue weighted by molar-refractivity contribution is 7.90. The van der Waals surface area contributed by atoms with Crippen LogP contribution < -0.4 is 0 Å². The van der Waals surface area contributed by atoms with Crippen LogP contribution in [0.1, 0.15) is 0 Å². The Kier molecular flexibility index (Phi) is 1.44. The van der Waals surface area contributed by atoms with E-state index in [0.29, 0.717) is 4.31 Å². The first-order valence-corrected chi connectivity index (χ1v) is 3.86. The fraction of sp³-hybridized carbons (Fsp3) is 1.00. The van der Waals surface area contributed by atoms with Gasteiger partial charge in [0.05, 0.1) is 0 Å². The number of rotatable bonds is 1. The summed E-state index contributed by atoms with van der Waals surface area (Å²) >= 11 is 0. The molecular formula is C3H4F3NO2S. The van der Waals surface area contributed by atoms with Gasteiger partial charge in [-0.15, -0.1) is 0 Å². The first kappa shape index (κ1) is 7.80. The van der Waals surface area contributed by atoms with Crippen LogP contribution in [0.15, 0.2) is 0 Å². The van der Waals surface area contributed by atoms with Crippen LogP contribution in [0, 0.1) is 0 Å². The van der Waals surface area contributed by atoms with Crippen LogP contribution in [-0.2, 0) is 10.0 Å². The molecule has 1 saturated heterocycles. The topological polar surface area (TPSA) is 37.1 Å². The summed E-state index contributed by atoms with van der Waals surface area (Å²) in [5.74, 6) is 0. The van der Waals surface area contributed by atoms with Crippen molar-refractivity contribution in [1.29, 1.82) is 0 Å². The van der Waals surface area contributed by atoms with Crippen molar-refractivity contribution in [2.24, 2.45) is 0 Å². The van der Waals surface area contributed by atoms with E-state index in [4.69, 9.17) is 0 Å². The van der Waals surface area contributed by atoms with Crippen molar-refractivity contribution in [2.75, 3.05) is 13.1 Å². The van der Waals surface area contributed by atoms with E-state index in [9.17, 15) is 21.6 Å². The Morgan fingerprint density at radius 3 is 1.70 bits per heavy atom. The molecule has 1 aliphatic heterocycles. The number of sulfonamides is 1. The molecule has 1 fully saturated rings. The maximum absolute atomic E-state index is 11.5. The molecular weight excluding hydrogens is 171 g/mol. The second-order valence-corrected chi connectivity index (χ2v) is 3.78. The van der Waals surface area contributed by atoms with Crippen LogP contribution in [0.3, 0.4) is 0 Å². The summed E-state index contributed by atoms with van der Waals surface area (Å²) in [7, 11) is -4.97. The minimum atomic E-state index is -5.12. The lowest BCUT2D eigenvalue weighted by Gasteiger charge is -2.06. The van der Waals surface area contributed by atoms with Crippen molar-refractivity contribution in [2.45, 2.75) is 5.51 Å². The smallest absolute Gasteiger partial charge is 0.203 e. The molecule has 0 radical (unpaired) electrons. The number of alkyl halides is 3. The molecule has 0 aromatic rings. The van der Waals surface area contributed by atoms with E-state index in [1.165, 1.54) is 0 Å². The monoisotopic (exact) mass is 175 g/mol. The summed E-state index contributed by atoms with van der Waals surface area (Å²) in [6, 6.07) is 0. The Bertz CT molecular complexity index is 227. The van der Waals surface area contributed by atoms with Gasteiger partial charge in [-0.05, 0) is 0 Å². The Morgan fingerprint density at radius 1 is 1.20 bits per heavy atom. The minimum Gasteiger partial charge on any atom is -0.203 e. The van der Waals surface area contributed by atoms with Crippen molar-refractivity contribution in [1.82, 2.24) is 4.31 Å². The van der Waals surface area contributed by atoms with Crippen LogP contribution >= 0.6 is 0 Å². The van der Waals surface area contributed by atoms with Crippen LogP contribution in [0.4, 0.5) is 13.2 Å². The standard InChI is InChI=1S/C3H4F3NO2S/c4-3(5,6)10(8,9)7-1-2-7/h1-2H2. The van der Waals surface area contributed by atoms with Crippen LogP contribution in [-0.4, -0.2) is 31.3 Å². The lowest BCUT2D eigenvalue weighted by molar-refractivity contribution is -0.0464. The molecule has 0 amide bonds. The van der Waals surface area contributed by atoms with E-state index < -0.39 is 15.5 Å². The van der Waals surface area contributed by atoms with E-state index >= 15 is 0 Å². The van der Waals surface area contributed by atoms with Crippen molar-refractivity contribution in [3.63, 3.8) is 0 Å². The van der Waals surface area contributed by atoms with Gasteiger partial charge in [0.15, 0.2) is 0 Å². The molecule has 0 saturated carbocycles. The first-order chi connectivity index (χ1) is 4.36. The van der Waals surface area contributed by atoms with E-state index in [-0.39, 0.29) is 13.1 Å². The quantitative estimate of drug-likeness (QED) is 0.532. The van der Waals surface area contributed by atoms with Crippen LogP contribution in [0.2, 0.25) is 0 Å². The van der Waals surface area contributed by atoms with Crippen molar-refractivity contribution in [3.05, 3.63) is 0 Å². The molecule has 7 heteroatoms. The van der Waals surface area contributed by atoms with Gasteiger partial charge in [0.25, 0.3) is 0 Å². The SMILES string of the molecule is O=S(=O)(N1CC1)C(F)(F)F. The summed E-state index contributed by atoms with van der Waals surface area (Å²) in [5.41, 5.74) is -5.12. The zero-order valence-corrected chi connectivity index (χ0v) is 5.54. The average molecular weight is 175 g/mol. The van der Waals surface area contributed by atoms with Gasteiger partial charge < -0.3 is 0 Å². The molecule has 1 rings (SSSR count). The molecule has 0 aromatic carbocycles. The fourth-order valence-electron chi connectivity index (χ4n) is 0.428. The zero-order valence-electron chi connectivity index (χ0n) is 4.72. The van der Waals surface area contributed by atoms with Gasteiger partial charge in [-0.2, -0.15) is 17.5 Å². The van der Waals surface area contributed by atoms with Gasteiger partial charge in [0, 0.05) is 13.1 Å². The summed E-state index contributed by atoms with van der Waals surface area (Å²) in [6.45, 7) is -0.0241. The maximum Gasteiger partial charge on any atom is 0.511 e. The van der Waals surface area contributed by atoms with Gasteiger partial charge in [-0.25, -0.2) is 8.42 Å². The number of halogens is 3. The maximum atomic E-state index is 11.5. The van der Waals surface area contributed by atoms with E-state index in [1.54, 1.807) is 0 Å². The van der Waals surface area contributed by atoms with Crippen molar-refractivity contribution in [3.8, 4) is 0 Å². The third-order valence-corrected chi connectivity index (χ3v) is 2.67. The van der Waals surface area contributed by atoms with Gasteiger partial charge in [-0.1, -0.05) is 0 Å².